The predicted molar refractivity (Wildman–Crippen MR) is 83.9 cm³/mol. The Bertz CT molecular complexity index is 749. The maximum absolute atomic E-state index is 14.0. The minimum Gasteiger partial charge on any atom is -0.481 e. The summed E-state index contributed by atoms with van der Waals surface area (Å²) in [5, 5.41) is 9.36. The molecule has 2 aromatic carbocycles. The van der Waals surface area contributed by atoms with Crippen molar-refractivity contribution in [2.45, 2.75) is 25.8 Å². The van der Waals surface area contributed by atoms with E-state index in [4.69, 9.17) is 5.73 Å². The normalized spacial score (nSPS) is 13.5. The van der Waals surface area contributed by atoms with Gasteiger partial charge in [-0.05, 0) is 29.2 Å². The van der Waals surface area contributed by atoms with Crippen LogP contribution in [0.15, 0.2) is 36.4 Å². The molecule has 3 N–H and O–H groups in total. The van der Waals surface area contributed by atoms with Gasteiger partial charge in [0.1, 0.15) is 5.82 Å². The molecule has 0 aliphatic rings. The van der Waals surface area contributed by atoms with E-state index in [0.717, 1.165) is 11.6 Å². The van der Waals surface area contributed by atoms with Gasteiger partial charge in [-0.1, -0.05) is 31.2 Å². The van der Waals surface area contributed by atoms with Crippen LogP contribution < -0.4 is 5.73 Å². The van der Waals surface area contributed by atoms with Crippen molar-refractivity contribution < 1.29 is 23.1 Å². The van der Waals surface area contributed by atoms with Crippen molar-refractivity contribution >= 4 is 5.97 Å². The van der Waals surface area contributed by atoms with Crippen LogP contribution in [0.3, 0.4) is 0 Å². The maximum Gasteiger partial charge on any atom is 0.306 e. The van der Waals surface area contributed by atoms with Crippen LogP contribution in [0.2, 0.25) is 0 Å². The summed E-state index contributed by atoms with van der Waals surface area (Å²) in [5.74, 6) is -5.88. The van der Waals surface area contributed by atoms with Crippen LogP contribution in [-0.2, 0) is 17.8 Å². The molecule has 128 valence electrons. The molecule has 2 atom stereocenters. The molecule has 0 aromatic heterocycles. The summed E-state index contributed by atoms with van der Waals surface area (Å²) >= 11 is 0. The van der Waals surface area contributed by atoms with Gasteiger partial charge in [0.25, 0.3) is 0 Å². The lowest BCUT2D eigenvalue weighted by Gasteiger charge is -2.24. The van der Waals surface area contributed by atoms with E-state index in [2.05, 4.69) is 0 Å². The summed E-state index contributed by atoms with van der Waals surface area (Å²) in [6.07, 6.45) is -0.0759. The van der Waals surface area contributed by atoms with E-state index in [0.29, 0.717) is 11.6 Å². The van der Waals surface area contributed by atoms with Gasteiger partial charge in [0.05, 0.1) is 5.92 Å². The lowest BCUT2D eigenvalue weighted by Crippen LogP contribution is -2.23. The van der Waals surface area contributed by atoms with Gasteiger partial charge < -0.3 is 10.8 Å². The molecule has 0 saturated carbocycles. The van der Waals surface area contributed by atoms with Gasteiger partial charge in [-0.25, -0.2) is 13.2 Å². The molecular formula is C18H18F3NO2. The summed E-state index contributed by atoms with van der Waals surface area (Å²) in [7, 11) is 0. The number of hydrogen-bond donors (Lipinski definition) is 2. The lowest BCUT2D eigenvalue weighted by atomic mass is 9.80. The molecule has 24 heavy (non-hydrogen) atoms. The number of carbonyl (C=O) groups is 1. The van der Waals surface area contributed by atoms with Crippen LogP contribution in [0.1, 0.15) is 29.5 Å². The Morgan fingerprint density at radius 2 is 1.71 bits per heavy atom. The Balaban J connectivity index is 2.48. The van der Waals surface area contributed by atoms with E-state index in [1.54, 1.807) is 24.3 Å². The third kappa shape index (κ3) is 3.76. The third-order valence-corrected chi connectivity index (χ3v) is 4.20. The summed E-state index contributed by atoms with van der Waals surface area (Å²) in [6, 6.07) is 8.24. The molecule has 2 aromatic rings. The lowest BCUT2D eigenvalue weighted by molar-refractivity contribution is -0.141. The topological polar surface area (TPSA) is 63.3 Å². The first-order chi connectivity index (χ1) is 11.3. The largest absolute Gasteiger partial charge is 0.481 e. The molecule has 6 heteroatoms. The quantitative estimate of drug-likeness (QED) is 0.792. The first-order valence-corrected chi connectivity index (χ1v) is 7.49. The second-order valence-corrected chi connectivity index (χ2v) is 5.70. The Morgan fingerprint density at radius 3 is 2.33 bits per heavy atom. The third-order valence-electron chi connectivity index (χ3n) is 4.20. The Labute approximate surface area is 137 Å². The molecule has 0 aliphatic heterocycles. The number of carboxylic acids is 1. The zero-order chi connectivity index (χ0) is 17.9. The van der Waals surface area contributed by atoms with Crippen molar-refractivity contribution in [3.05, 3.63) is 70.5 Å². The van der Waals surface area contributed by atoms with E-state index in [1.807, 2.05) is 0 Å². The van der Waals surface area contributed by atoms with Crippen molar-refractivity contribution in [3.63, 3.8) is 0 Å². The molecule has 0 saturated heterocycles. The number of hydrogen-bond acceptors (Lipinski definition) is 2. The van der Waals surface area contributed by atoms with Gasteiger partial charge in [-0.15, -0.1) is 0 Å². The molecule has 2 rings (SSSR count). The smallest absolute Gasteiger partial charge is 0.306 e. The number of nitrogens with two attached hydrogens (primary N) is 1. The summed E-state index contributed by atoms with van der Waals surface area (Å²) in [6.45, 7) is 1.69. The van der Waals surface area contributed by atoms with Crippen LogP contribution in [-0.4, -0.2) is 11.1 Å². The molecule has 0 radical (unpaired) electrons. The second-order valence-electron chi connectivity index (χ2n) is 5.70. The summed E-state index contributed by atoms with van der Waals surface area (Å²) in [5.41, 5.74) is 7.03. The molecule has 0 spiro atoms. The van der Waals surface area contributed by atoms with E-state index < -0.39 is 35.3 Å². The number of benzene rings is 2. The molecule has 0 heterocycles. The highest BCUT2D eigenvalue weighted by Crippen LogP contribution is 2.32. The molecule has 1 unspecified atom stereocenters. The highest BCUT2D eigenvalue weighted by Gasteiger charge is 2.28. The van der Waals surface area contributed by atoms with Crippen molar-refractivity contribution in [3.8, 4) is 0 Å². The highest BCUT2D eigenvalue weighted by molar-refractivity contribution is 5.71. The van der Waals surface area contributed by atoms with Crippen molar-refractivity contribution in [1.82, 2.24) is 0 Å². The van der Waals surface area contributed by atoms with Gasteiger partial charge in [-0.3, -0.25) is 4.79 Å². The van der Waals surface area contributed by atoms with E-state index in [9.17, 15) is 23.1 Å². The van der Waals surface area contributed by atoms with Crippen LogP contribution in [0.25, 0.3) is 0 Å². The molecule has 3 nitrogen and oxygen atoms in total. The maximum atomic E-state index is 14.0. The molecule has 0 bridgehead atoms. The average Bonchev–Trinajstić information content (AvgIpc) is 2.56. The molecule has 0 aliphatic carbocycles. The van der Waals surface area contributed by atoms with Crippen molar-refractivity contribution in [2.24, 2.45) is 11.7 Å². The van der Waals surface area contributed by atoms with Crippen molar-refractivity contribution in [1.29, 1.82) is 0 Å². The Hall–Kier alpha value is -2.34. The SMILES string of the molecule is CC(C(=O)O)[C@@H](Cc1cc(F)c(F)cc1F)c1ccccc1CN. The van der Waals surface area contributed by atoms with Crippen molar-refractivity contribution in [2.75, 3.05) is 0 Å². The number of carboxylic acid groups (broad SMARTS) is 1. The first-order valence-electron chi connectivity index (χ1n) is 7.49. The van der Waals surface area contributed by atoms with Crippen LogP contribution >= 0.6 is 0 Å². The molecular weight excluding hydrogens is 319 g/mol. The summed E-state index contributed by atoms with van der Waals surface area (Å²) in [4.78, 5) is 11.5. The number of halogens is 3. The number of rotatable bonds is 6. The second kappa shape index (κ2) is 7.49. The molecule has 0 fully saturated rings. The van der Waals surface area contributed by atoms with E-state index >= 15 is 0 Å². The fourth-order valence-corrected chi connectivity index (χ4v) is 2.77. The first kappa shape index (κ1) is 18.0. The van der Waals surface area contributed by atoms with Crippen LogP contribution in [0.5, 0.6) is 0 Å². The van der Waals surface area contributed by atoms with Crippen LogP contribution in [0, 0.1) is 23.4 Å². The van der Waals surface area contributed by atoms with Gasteiger partial charge in [0, 0.05) is 18.5 Å². The summed E-state index contributed by atoms with van der Waals surface area (Å²) < 4.78 is 40.5. The number of aliphatic carboxylic acids is 1. The predicted octanol–water partition coefficient (Wildman–Crippen LogP) is 3.61. The monoisotopic (exact) mass is 337 g/mol. The Morgan fingerprint density at radius 1 is 1.08 bits per heavy atom. The molecule has 0 amide bonds. The fraction of sp³-hybridized carbons (Fsp3) is 0.278. The standard InChI is InChI=1S/C18H18F3NO2/c1-10(18(23)24)14(13-5-3-2-4-11(13)9-22)6-12-7-16(20)17(21)8-15(12)19/h2-5,7-8,10,14H,6,9,22H2,1H3,(H,23,24)/t10?,14-/m1/s1. The zero-order valence-electron chi connectivity index (χ0n) is 13.1. The van der Waals surface area contributed by atoms with Gasteiger partial charge in [0.2, 0.25) is 0 Å². The Kier molecular flexibility index (Phi) is 5.62. The fourth-order valence-electron chi connectivity index (χ4n) is 2.77. The average molecular weight is 337 g/mol. The zero-order valence-corrected chi connectivity index (χ0v) is 13.1. The van der Waals surface area contributed by atoms with Gasteiger partial charge >= 0.3 is 5.97 Å². The van der Waals surface area contributed by atoms with Gasteiger partial charge in [-0.2, -0.15) is 0 Å². The van der Waals surface area contributed by atoms with Crippen LogP contribution in [0.4, 0.5) is 13.2 Å². The minimum atomic E-state index is -1.28. The minimum absolute atomic E-state index is 0.0705. The van der Waals surface area contributed by atoms with Gasteiger partial charge in [0.15, 0.2) is 11.6 Å². The van der Waals surface area contributed by atoms with E-state index in [1.165, 1.54) is 6.92 Å². The van der Waals surface area contributed by atoms with E-state index in [-0.39, 0.29) is 18.5 Å². The highest BCUT2D eigenvalue weighted by atomic mass is 19.2.